The van der Waals surface area contributed by atoms with Crippen molar-refractivity contribution in [3.63, 3.8) is 0 Å². The van der Waals surface area contributed by atoms with Crippen molar-refractivity contribution >= 4 is 11.8 Å². The molecule has 1 aliphatic heterocycles. The van der Waals surface area contributed by atoms with E-state index >= 15 is 0 Å². The Morgan fingerprint density at radius 2 is 1.83 bits per heavy atom. The van der Waals surface area contributed by atoms with Gasteiger partial charge in [0.25, 0.3) is 5.91 Å². The van der Waals surface area contributed by atoms with E-state index in [1.807, 2.05) is 48.5 Å². The Hall–Kier alpha value is -3.54. The molecule has 6 nitrogen and oxygen atoms in total. The number of nitrogens with zero attached hydrogens (tertiary/aromatic N) is 1. The Morgan fingerprint density at radius 1 is 1.07 bits per heavy atom. The Morgan fingerprint density at radius 3 is 2.52 bits per heavy atom. The third-order valence-corrected chi connectivity index (χ3v) is 5.17. The van der Waals surface area contributed by atoms with Gasteiger partial charge in [0.2, 0.25) is 5.91 Å². The minimum Gasteiger partial charge on any atom is -0.497 e. The van der Waals surface area contributed by atoms with Crippen LogP contribution in [-0.4, -0.2) is 29.9 Å². The summed E-state index contributed by atoms with van der Waals surface area (Å²) >= 11 is 0. The van der Waals surface area contributed by atoms with Gasteiger partial charge < -0.3 is 19.4 Å². The number of methoxy groups -OCH3 is 1. The second kappa shape index (κ2) is 8.22. The summed E-state index contributed by atoms with van der Waals surface area (Å²) in [5.41, 5.74) is 3.09. The number of furan rings is 1. The first kappa shape index (κ1) is 18.8. The van der Waals surface area contributed by atoms with E-state index in [0.717, 1.165) is 22.4 Å². The van der Waals surface area contributed by atoms with Crippen molar-refractivity contribution in [2.45, 2.75) is 25.6 Å². The van der Waals surface area contributed by atoms with Crippen LogP contribution < -0.4 is 10.1 Å². The van der Waals surface area contributed by atoms with Gasteiger partial charge in [-0.2, -0.15) is 0 Å². The number of amides is 2. The monoisotopic (exact) mass is 390 g/mol. The lowest BCUT2D eigenvalue weighted by Crippen LogP contribution is -2.52. The quantitative estimate of drug-likeness (QED) is 0.726. The molecule has 0 saturated heterocycles. The molecule has 0 saturated carbocycles. The molecule has 0 spiro atoms. The van der Waals surface area contributed by atoms with Gasteiger partial charge in [-0.05, 0) is 41.0 Å². The minimum atomic E-state index is -0.597. The van der Waals surface area contributed by atoms with Gasteiger partial charge in [-0.3, -0.25) is 9.59 Å². The second-order valence-electron chi connectivity index (χ2n) is 6.96. The smallest absolute Gasteiger partial charge is 0.290 e. The molecular formula is C23H22N2O4. The summed E-state index contributed by atoms with van der Waals surface area (Å²) in [4.78, 5) is 27.6. The van der Waals surface area contributed by atoms with Crippen LogP contribution in [0.3, 0.4) is 0 Å². The predicted molar refractivity (Wildman–Crippen MR) is 107 cm³/mol. The summed E-state index contributed by atoms with van der Waals surface area (Å²) in [5.74, 6) is 0.529. The van der Waals surface area contributed by atoms with Gasteiger partial charge in [-0.15, -0.1) is 0 Å². The van der Waals surface area contributed by atoms with Gasteiger partial charge in [-0.25, -0.2) is 0 Å². The summed E-state index contributed by atoms with van der Waals surface area (Å²) in [6, 6.07) is 18.1. The van der Waals surface area contributed by atoms with E-state index in [-0.39, 0.29) is 17.6 Å². The van der Waals surface area contributed by atoms with Crippen molar-refractivity contribution in [2.24, 2.45) is 0 Å². The number of fused-ring (bicyclic) bond motifs is 1. The number of carbonyl (C=O) groups excluding carboxylic acids is 2. The average Bonchev–Trinajstić information content (AvgIpc) is 3.31. The van der Waals surface area contributed by atoms with Crippen molar-refractivity contribution in [2.75, 3.05) is 7.11 Å². The van der Waals surface area contributed by atoms with Crippen molar-refractivity contribution in [3.05, 3.63) is 89.4 Å². The van der Waals surface area contributed by atoms with Gasteiger partial charge in [0.05, 0.1) is 13.4 Å². The molecular weight excluding hydrogens is 368 g/mol. The summed E-state index contributed by atoms with van der Waals surface area (Å²) in [5, 5.41) is 2.96. The molecule has 0 aliphatic carbocycles. The van der Waals surface area contributed by atoms with Gasteiger partial charge >= 0.3 is 0 Å². The lowest BCUT2D eigenvalue weighted by Gasteiger charge is -2.35. The molecule has 6 heteroatoms. The Kier molecular flexibility index (Phi) is 5.33. The summed E-state index contributed by atoms with van der Waals surface area (Å²) < 4.78 is 10.4. The fraction of sp³-hybridized carbons (Fsp3) is 0.217. The van der Waals surface area contributed by atoms with E-state index in [9.17, 15) is 9.59 Å². The Balaban J connectivity index is 1.53. The first-order valence-corrected chi connectivity index (χ1v) is 9.47. The summed E-state index contributed by atoms with van der Waals surface area (Å²) in [6.45, 7) is 0.750. The van der Waals surface area contributed by atoms with Gasteiger partial charge in [0, 0.05) is 19.5 Å². The maximum atomic E-state index is 13.0. The van der Waals surface area contributed by atoms with Gasteiger partial charge in [-0.1, -0.05) is 36.4 Å². The molecule has 2 aromatic carbocycles. The lowest BCUT2D eigenvalue weighted by atomic mass is 9.93. The highest BCUT2D eigenvalue weighted by Crippen LogP contribution is 2.25. The van der Waals surface area contributed by atoms with E-state index in [1.165, 1.54) is 6.26 Å². The molecule has 0 bridgehead atoms. The molecule has 4 rings (SSSR count). The minimum absolute atomic E-state index is 0.185. The van der Waals surface area contributed by atoms with Crippen LogP contribution in [0.5, 0.6) is 5.75 Å². The molecule has 3 aromatic rings. The van der Waals surface area contributed by atoms with Crippen LogP contribution in [0, 0.1) is 0 Å². The summed E-state index contributed by atoms with van der Waals surface area (Å²) in [7, 11) is 1.61. The molecule has 1 N–H and O–H groups in total. The number of ether oxygens (including phenoxy) is 1. The van der Waals surface area contributed by atoms with E-state index < -0.39 is 6.04 Å². The van der Waals surface area contributed by atoms with Crippen LogP contribution in [0.2, 0.25) is 0 Å². The molecule has 2 heterocycles. The highest BCUT2D eigenvalue weighted by molar-refractivity contribution is 5.96. The average molecular weight is 390 g/mol. The molecule has 2 amide bonds. The largest absolute Gasteiger partial charge is 0.497 e. The molecule has 0 radical (unpaired) electrons. The molecule has 1 aromatic heterocycles. The number of benzene rings is 2. The van der Waals surface area contributed by atoms with Crippen molar-refractivity contribution in [1.82, 2.24) is 10.2 Å². The van der Waals surface area contributed by atoms with E-state index in [1.54, 1.807) is 24.1 Å². The van der Waals surface area contributed by atoms with Crippen molar-refractivity contribution < 1.29 is 18.7 Å². The fourth-order valence-corrected chi connectivity index (χ4v) is 3.56. The number of nitrogens with one attached hydrogen (secondary N) is 1. The highest BCUT2D eigenvalue weighted by Gasteiger charge is 2.35. The zero-order valence-electron chi connectivity index (χ0n) is 16.1. The zero-order valence-corrected chi connectivity index (χ0v) is 16.1. The molecule has 0 unspecified atom stereocenters. The maximum Gasteiger partial charge on any atom is 0.290 e. The van der Waals surface area contributed by atoms with Gasteiger partial charge in [0.1, 0.15) is 11.8 Å². The molecule has 1 atom stereocenters. The maximum absolute atomic E-state index is 13.0. The van der Waals surface area contributed by atoms with Crippen LogP contribution in [0.15, 0.2) is 71.3 Å². The Labute approximate surface area is 169 Å². The zero-order chi connectivity index (χ0) is 20.2. The normalized spacial score (nSPS) is 15.5. The predicted octanol–water partition coefficient (Wildman–Crippen LogP) is 3.17. The van der Waals surface area contributed by atoms with Crippen LogP contribution in [0.25, 0.3) is 0 Å². The highest BCUT2D eigenvalue weighted by atomic mass is 16.5. The standard InChI is InChI=1S/C23H22N2O4/c1-28-19-10-8-16(9-11-19)14-24-22(26)20-13-17-5-2-3-6-18(17)15-25(20)23(27)21-7-4-12-29-21/h2-12,20H,13-15H2,1H3,(H,24,26)/t20-/m0/s1. The van der Waals surface area contributed by atoms with Crippen molar-refractivity contribution in [1.29, 1.82) is 0 Å². The van der Waals surface area contributed by atoms with Crippen LogP contribution in [0.4, 0.5) is 0 Å². The third kappa shape index (κ3) is 4.01. The number of hydrogen-bond acceptors (Lipinski definition) is 4. The molecule has 29 heavy (non-hydrogen) atoms. The van der Waals surface area contributed by atoms with Crippen LogP contribution >= 0.6 is 0 Å². The Bertz CT molecular complexity index is 996. The topological polar surface area (TPSA) is 71.8 Å². The molecule has 1 aliphatic rings. The molecule has 0 fully saturated rings. The van der Waals surface area contributed by atoms with E-state index in [2.05, 4.69) is 5.32 Å². The van der Waals surface area contributed by atoms with Crippen LogP contribution in [-0.2, 0) is 24.3 Å². The van der Waals surface area contributed by atoms with Crippen LogP contribution in [0.1, 0.15) is 27.2 Å². The van der Waals surface area contributed by atoms with E-state index in [4.69, 9.17) is 9.15 Å². The lowest BCUT2D eigenvalue weighted by molar-refractivity contribution is -0.126. The van der Waals surface area contributed by atoms with E-state index in [0.29, 0.717) is 19.5 Å². The first-order chi connectivity index (χ1) is 14.2. The number of carbonyl (C=O) groups is 2. The fourth-order valence-electron chi connectivity index (χ4n) is 3.56. The van der Waals surface area contributed by atoms with Gasteiger partial charge in [0.15, 0.2) is 5.76 Å². The number of rotatable bonds is 5. The number of hydrogen-bond donors (Lipinski definition) is 1. The third-order valence-electron chi connectivity index (χ3n) is 5.17. The van der Waals surface area contributed by atoms with Crippen molar-refractivity contribution in [3.8, 4) is 5.75 Å². The summed E-state index contributed by atoms with van der Waals surface area (Å²) in [6.07, 6.45) is 1.93. The molecule has 148 valence electrons. The first-order valence-electron chi connectivity index (χ1n) is 9.47. The second-order valence-corrected chi connectivity index (χ2v) is 6.96. The SMILES string of the molecule is COc1ccc(CNC(=O)[C@@H]2Cc3ccccc3CN2C(=O)c2ccco2)cc1.